The van der Waals surface area contributed by atoms with E-state index in [9.17, 15) is 4.79 Å². The average molecular weight is 172 g/mol. The lowest BCUT2D eigenvalue weighted by molar-refractivity contribution is -0.144. The number of aliphatic carboxylic acids is 1. The molecular formula is C9H16O3. The second-order valence-electron chi connectivity index (χ2n) is 2.71. The van der Waals surface area contributed by atoms with E-state index in [4.69, 9.17) is 10.2 Å². The third-order valence-corrected chi connectivity index (χ3v) is 1.55. The van der Waals surface area contributed by atoms with E-state index in [2.05, 4.69) is 6.92 Å². The van der Waals surface area contributed by atoms with E-state index in [-0.39, 0.29) is 0 Å². The van der Waals surface area contributed by atoms with Crippen molar-refractivity contribution in [3.8, 4) is 0 Å². The normalized spacial score (nSPS) is 13.5. The molecule has 12 heavy (non-hydrogen) atoms. The van der Waals surface area contributed by atoms with Crippen molar-refractivity contribution in [3.05, 3.63) is 12.2 Å². The maximum Gasteiger partial charge on any atom is 0.336 e. The molecule has 1 atom stereocenters. The highest BCUT2D eigenvalue weighted by Gasteiger charge is 2.06. The Morgan fingerprint density at radius 3 is 2.67 bits per heavy atom. The molecule has 0 aromatic carbocycles. The van der Waals surface area contributed by atoms with Crippen LogP contribution >= 0.6 is 0 Å². The second-order valence-corrected chi connectivity index (χ2v) is 2.71. The number of hydrogen-bond acceptors (Lipinski definition) is 2. The molecule has 0 aromatic heterocycles. The summed E-state index contributed by atoms with van der Waals surface area (Å²) in [5.41, 5.74) is 0. The molecule has 0 rings (SSSR count). The van der Waals surface area contributed by atoms with Gasteiger partial charge in [-0.05, 0) is 18.9 Å². The first-order valence-electron chi connectivity index (χ1n) is 4.26. The van der Waals surface area contributed by atoms with Gasteiger partial charge < -0.3 is 10.2 Å². The predicted molar refractivity (Wildman–Crippen MR) is 46.9 cm³/mol. The van der Waals surface area contributed by atoms with E-state index >= 15 is 0 Å². The quantitative estimate of drug-likeness (QED) is 0.472. The van der Waals surface area contributed by atoms with E-state index in [1.165, 1.54) is 6.08 Å². The summed E-state index contributed by atoms with van der Waals surface area (Å²) in [5, 5.41) is 17.1. The Bertz CT molecular complexity index is 152. The molecule has 0 radical (unpaired) electrons. The van der Waals surface area contributed by atoms with Crippen molar-refractivity contribution >= 4 is 5.97 Å². The van der Waals surface area contributed by atoms with E-state index < -0.39 is 12.1 Å². The highest BCUT2D eigenvalue weighted by molar-refractivity contribution is 5.74. The number of hydrogen-bond donors (Lipinski definition) is 2. The van der Waals surface area contributed by atoms with Crippen LogP contribution in [-0.2, 0) is 4.79 Å². The molecule has 3 heteroatoms. The van der Waals surface area contributed by atoms with Crippen LogP contribution in [0.3, 0.4) is 0 Å². The highest BCUT2D eigenvalue weighted by atomic mass is 16.4. The molecule has 3 nitrogen and oxygen atoms in total. The van der Waals surface area contributed by atoms with Crippen LogP contribution in [0.4, 0.5) is 0 Å². The second kappa shape index (κ2) is 6.85. The van der Waals surface area contributed by atoms with E-state index in [0.29, 0.717) is 0 Å². The first-order chi connectivity index (χ1) is 5.68. The van der Waals surface area contributed by atoms with Crippen LogP contribution in [0.15, 0.2) is 12.2 Å². The number of allylic oxidation sites excluding steroid dienone is 1. The standard InChI is InChI=1S/C9H16O3/c1-2-3-4-5-6-7-8(10)9(11)12/h6-8,10H,2-5H2,1H3,(H,11,12)/b7-6+/t8-/m1/s1. The maximum atomic E-state index is 10.1. The Morgan fingerprint density at radius 1 is 1.50 bits per heavy atom. The van der Waals surface area contributed by atoms with Crippen LogP contribution in [0.25, 0.3) is 0 Å². The number of rotatable bonds is 6. The zero-order valence-electron chi connectivity index (χ0n) is 7.36. The summed E-state index contributed by atoms with van der Waals surface area (Å²) in [6.07, 6.45) is 5.89. The van der Waals surface area contributed by atoms with Gasteiger partial charge in [-0.25, -0.2) is 4.79 Å². The van der Waals surface area contributed by atoms with Crippen LogP contribution in [0, 0.1) is 0 Å². The molecule has 0 saturated heterocycles. The molecule has 0 bridgehead atoms. The van der Waals surface area contributed by atoms with Gasteiger partial charge in [0, 0.05) is 0 Å². The predicted octanol–water partition coefficient (Wildman–Crippen LogP) is 1.57. The Kier molecular flexibility index (Phi) is 6.38. The van der Waals surface area contributed by atoms with Crippen LogP contribution in [0.1, 0.15) is 32.6 Å². The van der Waals surface area contributed by atoms with Gasteiger partial charge in [-0.15, -0.1) is 0 Å². The number of carboxylic acid groups (broad SMARTS) is 1. The number of unbranched alkanes of at least 4 members (excludes halogenated alkanes) is 3. The largest absolute Gasteiger partial charge is 0.479 e. The van der Waals surface area contributed by atoms with Crippen LogP contribution < -0.4 is 0 Å². The van der Waals surface area contributed by atoms with Crippen molar-refractivity contribution in [2.45, 2.75) is 38.7 Å². The van der Waals surface area contributed by atoms with Gasteiger partial charge in [-0.1, -0.05) is 25.8 Å². The van der Waals surface area contributed by atoms with Crippen molar-refractivity contribution < 1.29 is 15.0 Å². The monoisotopic (exact) mass is 172 g/mol. The van der Waals surface area contributed by atoms with Crippen molar-refractivity contribution in [1.82, 2.24) is 0 Å². The van der Waals surface area contributed by atoms with Gasteiger partial charge in [-0.2, -0.15) is 0 Å². The number of aliphatic hydroxyl groups excluding tert-OH is 1. The smallest absolute Gasteiger partial charge is 0.336 e. The Labute approximate surface area is 72.7 Å². The average Bonchev–Trinajstić information content (AvgIpc) is 2.03. The zero-order chi connectivity index (χ0) is 9.40. The van der Waals surface area contributed by atoms with Crippen LogP contribution in [0.5, 0.6) is 0 Å². The number of carboxylic acids is 1. The molecule has 0 spiro atoms. The summed E-state index contributed by atoms with van der Waals surface area (Å²) in [7, 11) is 0. The van der Waals surface area contributed by atoms with Gasteiger partial charge in [0.15, 0.2) is 6.10 Å². The summed E-state index contributed by atoms with van der Waals surface area (Å²) < 4.78 is 0. The van der Waals surface area contributed by atoms with E-state index in [1.54, 1.807) is 6.08 Å². The Balaban J connectivity index is 3.41. The minimum Gasteiger partial charge on any atom is -0.479 e. The topological polar surface area (TPSA) is 57.5 Å². The fourth-order valence-corrected chi connectivity index (χ4v) is 0.820. The Hall–Kier alpha value is -0.830. The van der Waals surface area contributed by atoms with Crippen LogP contribution in [0.2, 0.25) is 0 Å². The zero-order valence-corrected chi connectivity index (χ0v) is 7.36. The molecule has 0 fully saturated rings. The van der Waals surface area contributed by atoms with Crippen molar-refractivity contribution in [2.75, 3.05) is 0 Å². The lowest BCUT2D eigenvalue weighted by Crippen LogP contribution is -2.15. The third-order valence-electron chi connectivity index (χ3n) is 1.55. The summed E-state index contributed by atoms with van der Waals surface area (Å²) in [5.74, 6) is -1.19. The molecule has 0 heterocycles. The molecule has 0 aliphatic rings. The molecule has 0 amide bonds. The van der Waals surface area contributed by atoms with E-state index in [1.807, 2.05) is 0 Å². The van der Waals surface area contributed by atoms with Gasteiger partial charge in [-0.3, -0.25) is 0 Å². The minimum absolute atomic E-state index is 0.845. The summed E-state index contributed by atoms with van der Waals surface area (Å²) in [6.45, 7) is 2.11. The maximum absolute atomic E-state index is 10.1. The summed E-state index contributed by atoms with van der Waals surface area (Å²) in [4.78, 5) is 10.1. The lowest BCUT2D eigenvalue weighted by atomic mass is 10.2. The molecule has 0 aliphatic carbocycles. The van der Waals surface area contributed by atoms with Gasteiger partial charge in [0.2, 0.25) is 0 Å². The molecular weight excluding hydrogens is 156 g/mol. The van der Waals surface area contributed by atoms with E-state index in [0.717, 1.165) is 25.7 Å². The minimum atomic E-state index is -1.34. The van der Waals surface area contributed by atoms with Crippen molar-refractivity contribution in [3.63, 3.8) is 0 Å². The Morgan fingerprint density at radius 2 is 2.17 bits per heavy atom. The van der Waals surface area contributed by atoms with Gasteiger partial charge in [0.05, 0.1) is 0 Å². The van der Waals surface area contributed by atoms with Gasteiger partial charge in [0.25, 0.3) is 0 Å². The summed E-state index contributed by atoms with van der Waals surface area (Å²) in [6, 6.07) is 0. The first kappa shape index (κ1) is 11.2. The molecule has 0 saturated carbocycles. The molecule has 2 N–H and O–H groups in total. The summed E-state index contributed by atoms with van der Waals surface area (Å²) >= 11 is 0. The van der Waals surface area contributed by atoms with Crippen molar-refractivity contribution in [1.29, 1.82) is 0 Å². The van der Waals surface area contributed by atoms with Crippen LogP contribution in [-0.4, -0.2) is 22.3 Å². The van der Waals surface area contributed by atoms with Gasteiger partial charge >= 0.3 is 5.97 Å². The first-order valence-corrected chi connectivity index (χ1v) is 4.26. The highest BCUT2D eigenvalue weighted by Crippen LogP contribution is 2.00. The molecule has 0 unspecified atom stereocenters. The third kappa shape index (κ3) is 5.92. The SMILES string of the molecule is CCCCC/C=C/[C@@H](O)C(=O)O. The molecule has 0 aliphatic heterocycles. The van der Waals surface area contributed by atoms with Crippen molar-refractivity contribution in [2.24, 2.45) is 0 Å². The van der Waals surface area contributed by atoms with Gasteiger partial charge in [0.1, 0.15) is 0 Å². The molecule has 70 valence electrons. The number of aliphatic hydroxyl groups is 1. The fourth-order valence-electron chi connectivity index (χ4n) is 0.820. The number of carbonyl (C=O) groups is 1. The molecule has 0 aromatic rings. The lowest BCUT2D eigenvalue weighted by Gasteiger charge is -1.96. The fraction of sp³-hybridized carbons (Fsp3) is 0.667.